The van der Waals surface area contributed by atoms with Crippen LogP contribution < -0.4 is 5.32 Å². The van der Waals surface area contributed by atoms with E-state index >= 15 is 0 Å². The summed E-state index contributed by atoms with van der Waals surface area (Å²) >= 11 is 0. The van der Waals surface area contributed by atoms with Crippen LogP contribution in [0.3, 0.4) is 0 Å². The van der Waals surface area contributed by atoms with Gasteiger partial charge in [0, 0.05) is 12.1 Å². The van der Waals surface area contributed by atoms with Crippen LogP contribution in [0, 0.1) is 11.3 Å². The minimum atomic E-state index is 0.568. The van der Waals surface area contributed by atoms with Gasteiger partial charge < -0.3 is 10.2 Å². The second-order valence-electron chi connectivity index (χ2n) is 8.57. The fourth-order valence-corrected chi connectivity index (χ4v) is 4.57. The molecule has 124 valence electrons. The largest absolute Gasteiger partial charge is 0.314 e. The topological polar surface area (TPSA) is 15.3 Å². The number of rotatable bonds is 6. The van der Waals surface area contributed by atoms with Crippen molar-refractivity contribution in [2.75, 3.05) is 20.1 Å². The van der Waals surface area contributed by atoms with Gasteiger partial charge in [0.1, 0.15) is 0 Å². The number of nitrogens with one attached hydrogen (secondary N) is 1. The molecule has 0 radical (unpaired) electrons. The molecule has 0 bridgehead atoms. The van der Waals surface area contributed by atoms with E-state index in [1.807, 2.05) is 0 Å². The van der Waals surface area contributed by atoms with Crippen molar-refractivity contribution in [3.8, 4) is 0 Å². The van der Waals surface area contributed by atoms with Crippen molar-refractivity contribution in [2.24, 2.45) is 11.3 Å². The summed E-state index contributed by atoms with van der Waals surface area (Å²) in [4.78, 5) is 2.62. The summed E-state index contributed by atoms with van der Waals surface area (Å²) in [5, 5.41) is 3.84. The Morgan fingerprint density at radius 2 is 1.81 bits per heavy atom. The molecule has 0 aliphatic heterocycles. The van der Waals surface area contributed by atoms with Crippen LogP contribution in [0.2, 0.25) is 0 Å². The number of nitrogens with zero attached hydrogens (tertiary/aromatic N) is 1. The molecule has 0 aromatic rings. The van der Waals surface area contributed by atoms with Crippen molar-refractivity contribution in [1.29, 1.82) is 0 Å². The van der Waals surface area contributed by atoms with Crippen LogP contribution in [0.4, 0.5) is 0 Å². The third-order valence-corrected chi connectivity index (χ3v) is 5.99. The minimum Gasteiger partial charge on any atom is -0.314 e. The Bertz CT molecular complexity index is 294. The van der Waals surface area contributed by atoms with E-state index in [9.17, 15) is 0 Å². The lowest BCUT2D eigenvalue weighted by Gasteiger charge is -2.40. The normalized spacial score (nSPS) is 30.7. The summed E-state index contributed by atoms with van der Waals surface area (Å²) in [5.41, 5.74) is 0.568. The average Bonchev–Trinajstić information content (AvgIpc) is 2.45. The van der Waals surface area contributed by atoms with E-state index in [1.165, 1.54) is 70.9 Å². The molecule has 2 saturated carbocycles. The lowest BCUT2D eigenvalue weighted by atomic mass is 9.70. The van der Waals surface area contributed by atoms with Gasteiger partial charge in [0.15, 0.2) is 0 Å². The second kappa shape index (κ2) is 7.97. The third kappa shape index (κ3) is 5.56. The Balaban J connectivity index is 1.59. The van der Waals surface area contributed by atoms with Crippen LogP contribution in [-0.2, 0) is 0 Å². The molecule has 2 heteroatoms. The molecule has 0 saturated heterocycles. The molecule has 0 aromatic carbocycles. The Kier molecular flexibility index (Phi) is 6.55. The van der Waals surface area contributed by atoms with Crippen LogP contribution >= 0.6 is 0 Å². The average molecular weight is 295 g/mol. The van der Waals surface area contributed by atoms with Crippen molar-refractivity contribution >= 4 is 0 Å². The summed E-state index contributed by atoms with van der Waals surface area (Å²) in [5.74, 6) is 0.838. The molecule has 0 amide bonds. The Hall–Kier alpha value is -0.0800. The summed E-state index contributed by atoms with van der Waals surface area (Å²) in [6.45, 7) is 9.77. The lowest BCUT2D eigenvalue weighted by molar-refractivity contribution is 0.146. The molecule has 2 aliphatic carbocycles. The molecule has 2 aliphatic rings. The number of hydrogen-bond donors (Lipinski definition) is 1. The maximum Gasteiger partial charge on any atom is 0.00931 e. The number of hydrogen-bond acceptors (Lipinski definition) is 2. The van der Waals surface area contributed by atoms with Gasteiger partial charge in [-0.1, -0.05) is 40.0 Å². The zero-order chi connectivity index (χ0) is 15.3. The highest BCUT2D eigenvalue weighted by atomic mass is 15.1. The minimum absolute atomic E-state index is 0.568. The summed E-state index contributed by atoms with van der Waals surface area (Å²) in [7, 11) is 2.34. The van der Waals surface area contributed by atoms with Crippen LogP contribution in [0.25, 0.3) is 0 Å². The highest BCUT2D eigenvalue weighted by Crippen LogP contribution is 2.38. The van der Waals surface area contributed by atoms with E-state index < -0.39 is 0 Å². The molecule has 1 N–H and O–H groups in total. The van der Waals surface area contributed by atoms with Gasteiger partial charge >= 0.3 is 0 Å². The van der Waals surface area contributed by atoms with Crippen LogP contribution in [0.15, 0.2) is 0 Å². The maximum atomic E-state index is 3.84. The molecule has 0 heterocycles. The van der Waals surface area contributed by atoms with Gasteiger partial charge in [-0.15, -0.1) is 0 Å². The Morgan fingerprint density at radius 3 is 2.48 bits per heavy atom. The van der Waals surface area contributed by atoms with Gasteiger partial charge in [-0.25, -0.2) is 0 Å². The molecule has 2 atom stereocenters. The summed E-state index contributed by atoms with van der Waals surface area (Å²) in [6, 6.07) is 1.63. The van der Waals surface area contributed by atoms with Crippen LogP contribution in [-0.4, -0.2) is 37.1 Å². The van der Waals surface area contributed by atoms with Gasteiger partial charge in [0.05, 0.1) is 0 Å². The first-order chi connectivity index (χ1) is 9.98. The molecule has 2 unspecified atom stereocenters. The second-order valence-corrected chi connectivity index (χ2v) is 8.57. The highest BCUT2D eigenvalue weighted by Gasteiger charge is 2.31. The predicted molar refractivity (Wildman–Crippen MR) is 92.7 cm³/mol. The zero-order valence-corrected chi connectivity index (χ0v) is 15.0. The Morgan fingerprint density at radius 1 is 1.10 bits per heavy atom. The highest BCUT2D eigenvalue weighted by molar-refractivity contribution is 4.86. The van der Waals surface area contributed by atoms with E-state index in [-0.39, 0.29) is 0 Å². The van der Waals surface area contributed by atoms with Gasteiger partial charge in [-0.05, 0) is 70.0 Å². The summed E-state index contributed by atoms with van der Waals surface area (Å²) in [6.07, 6.45) is 12.7. The standard InChI is InChI=1S/C19H38N2/c1-16-15-19(2,3)12-11-18(16)20-13-8-14-21(4)17-9-6-5-7-10-17/h16-18,20H,5-15H2,1-4H3. The quantitative estimate of drug-likeness (QED) is 0.728. The van der Waals surface area contributed by atoms with Crippen LogP contribution in [0.1, 0.15) is 78.6 Å². The van der Waals surface area contributed by atoms with Gasteiger partial charge in [0.2, 0.25) is 0 Å². The molecule has 0 spiro atoms. The van der Waals surface area contributed by atoms with E-state index in [0.717, 1.165) is 18.0 Å². The lowest BCUT2D eigenvalue weighted by Crippen LogP contribution is -2.43. The van der Waals surface area contributed by atoms with E-state index in [0.29, 0.717) is 5.41 Å². The van der Waals surface area contributed by atoms with E-state index in [2.05, 4.69) is 38.0 Å². The SMILES string of the molecule is CC1CC(C)(C)CCC1NCCCN(C)C1CCCCC1. The van der Waals surface area contributed by atoms with Crippen molar-refractivity contribution in [2.45, 2.75) is 90.6 Å². The molecular formula is C19H38N2. The van der Waals surface area contributed by atoms with Gasteiger partial charge in [0.25, 0.3) is 0 Å². The maximum absolute atomic E-state index is 3.84. The summed E-state index contributed by atoms with van der Waals surface area (Å²) < 4.78 is 0. The molecule has 0 aromatic heterocycles. The van der Waals surface area contributed by atoms with Crippen molar-refractivity contribution in [3.05, 3.63) is 0 Å². The van der Waals surface area contributed by atoms with E-state index in [4.69, 9.17) is 0 Å². The molecule has 2 fully saturated rings. The van der Waals surface area contributed by atoms with Crippen LogP contribution in [0.5, 0.6) is 0 Å². The van der Waals surface area contributed by atoms with Crippen molar-refractivity contribution < 1.29 is 0 Å². The zero-order valence-electron chi connectivity index (χ0n) is 15.0. The first-order valence-electron chi connectivity index (χ1n) is 9.41. The van der Waals surface area contributed by atoms with Crippen molar-refractivity contribution in [1.82, 2.24) is 10.2 Å². The molecule has 2 rings (SSSR count). The third-order valence-electron chi connectivity index (χ3n) is 5.99. The fourth-order valence-electron chi connectivity index (χ4n) is 4.57. The smallest absolute Gasteiger partial charge is 0.00931 e. The first kappa shape index (κ1) is 17.3. The predicted octanol–water partition coefficient (Wildman–Crippen LogP) is 4.45. The first-order valence-corrected chi connectivity index (χ1v) is 9.41. The van der Waals surface area contributed by atoms with E-state index in [1.54, 1.807) is 0 Å². The Labute approximate surface area is 133 Å². The fraction of sp³-hybridized carbons (Fsp3) is 1.00. The molecule has 2 nitrogen and oxygen atoms in total. The monoisotopic (exact) mass is 294 g/mol. The van der Waals surface area contributed by atoms with Gasteiger partial charge in [-0.2, -0.15) is 0 Å². The van der Waals surface area contributed by atoms with Gasteiger partial charge in [-0.3, -0.25) is 0 Å². The molecule has 21 heavy (non-hydrogen) atoms. The van der Waals surface area contributed by atoms with Crippen molar-refractivity contribution in [3.63, 3.8) is 0 Å². The molecular weight excluding hydrogens is 256 g/mol.